The summed E-state index contributed by atoms with van der Waals surface area (Å²) in [6.45, 7) is 11.1. The molecule has 0 aliphatic carbocycles. The second-order valence-electron chi connectivity index (χ2n) is 10.2. The van der Waals surface area contributed by atoms with E-state index in [1.54, 1.807) is 0 Å². The molecule has 1 aliphatic heterocycles. The van der Waals surface area contributed by atoms with Gasteiger partial charge in [-0.1, -0.05) is 57.2 Å². The van der Waals surface area contributed by atoms with Crippen LogP contribution in [0.2, 0.25) is 0 Å². The van der Waals surface area contributed by atoms with E-state index in [9.17, 15) is 4.79 Å². The van der Waals surface area contributed by atoms with Crippen molar-refractivity contribution in [1.82, 2.24) is 25.4 Å². The topological polar surface area (TPSA) is 84.2 Å². The van der Waals surface area contributed by atoms with Crippen molar-refractivity contribution >= 4 is 27.5 Å². The first-order chi connectivity index (χ1) is 16.2. The molecule has 2 aromatic heterocycles. The molecule has 1 unspecified atom stereocenters. The minimum atomic E-state index is -0.568. The van der Waals surface area contributed by atoms with E-state index < -0.39 is 6.04 Å². The summed E-state index contributed by atoms with van der Waals surface area (Å²) in [5, 5.41) is 12.3. The SMILES string of the molecule is CC(=O)NC(c1nnc(C2CN(CC(C)(C)C)C2)o1)c1nc2ccc(-c3ccccc3)cc2s1. The van der Waals surface area contributed by atoms with Gasteiger partial charge < -0.3 is 14.6 Å². The zero-order valence-corrected chi connectivity index (χ0v) is 20.7. The highest BCUT2D eigenvalue weighted by Gasteiger charge is 2.35. The number of carbonyl (C=O) groups is 1. The zero-order chi connectivity index (χ0) is 23.9. The van der Waals surface area contributed by atoms with E-state index in [1.807, 2.05) is 24.3 Å². The molecule has 2 aromatic carbocycles. The number of aromatic nitrogens is 3. The summed E-state index contributed by atoms with van der Waals surface area (Å²) in [4.78, 5) is 19.2. The molecule has 176 valence electrons. The van der Waals surface area contributed by atoms with Gasteiger partial charge in [0, 0.05) is 26.6 Å². The molecule has 1 saturated heterocycles. The predicted octanol–water partition coefficient (Wildman–Crippen LogP) is 5.02. The van der Waals surface area contributed by atoms with Gasteiger partial charge in [-0.15, -0.1) is 21.5 Å². The highest BCUT2D eigenvalue weighted by atomic mass is 32.1. The number of nitrogens with zero attached hydrogens (tertiary/aromatic N) is 4. The van der Waals surface area contributed by atoms with E-state index in [1.165, 1.54) is 18.3 Å². The van der Waals surface area contributed by atoms with Crippen LogP contribution in [-0.4, -0.2) is 45.6 Å². The van der Waals surface area contributed by atoms with E-state index in [0.29, 0.717) is 11.8 Å². The smallest absolute Gasteiger partial charge is 0.245 e. The van der Waals surface area contributed by atoms with Gasteiger partial charge in [0.25, 0.3) is 0 Å². The fourth-order valence-corrected chi connectivity index (χ4v) is 5.41. The molecule has 8 heteroatoms. The molecule has 1 aliphatic rings. The van der Waals surface area contributed by atoms with Crippen molar-refractivity contribution in [3.05, 3.63) is 65.3 Å². The molecule has 1 fully saturated rings. The van der Waals surface area contributed by atoms with Crippen molar-refractivity contribution in [1.29, 1.82) is 0 Å². The molecule has 0 bridgehead atoms. The number of benzene rings is 2. The van der Waals surface area contributed by atoms with Crippen molar-refractivity contribution in [2.75, 3.05) is 19.6 Å². The van der Waals surface area contributed by atoms with Crippen LogP contribution in [0.3, 0.4) is 0 Å². The number of fused-ring (bicyclic) bond motifs is 1. The lowest BCUT2D eigenvalue weighted by molar-refractivity contribution is -0.119. The van der Waals surface area contributed by atoms with Crippen molar-refractivity contribution in [3.8, 4) is 11.1 Å². The first kappa shape index (κ1) is 22.7. The van der Waals surface area contributed by atoms with Crippen molar-refractivity contribution in [2.24, 2.45) is 5.41 Å². The molecule has 7 nitrogen and oxygen atoms in total. The van der Waals surface area contributed by atoms with Crippen molar-refractivity contribution < 1.29 is 9.21 Å². The summed E-state index contributed by atoms with van der Waals surface area (Å²) in [5.41, 5.74) is 3.42. The highest BCUT2D eigenvalue weighted by molar-refractivity contribution is 7.18. The lowest BCUT2D eigenvalue weighted by Crippen LogP contribution is -2.48. The number of carbonyl (C=O) groups excluding carboxylic acids is 1. The van der Waals surface area contributed by atoms with Crippen LogP contribution in [-0.2, 0) is 4.79 Å². The second-order valence-corrected chi connectivity index (χ2v) is 11.2. The molecule has 5 rings (SSSR count). The van der Waals surface area contributed by atoms with E-state index in [-0.39, 0.29) is 17.2 Å². The van der Waals surface area contributed by atoms with Gasteiger partial charge in [0.2, 0.25) is 17.7 Å². The van der Waals surface area contributed by atoms with Gasteiger partial charge in [-0.3, -0.25) is 4.79 Å². The normalized spacial score (nSPS) is 15.9. The number of thiazole rings is 1. The maximum Gasteiger partial charge on any atom is 0.245 e. The van der Waals surface area contributed by atoms with Gasteiger partial charge >= 0.3 is 0 Å². The molecule has 0 saturated carbocycles. The molecule has 0 spiro atoms. The quantitative estimate of drug-likeness (QED) is 0.422. The minimum absolute atomic E-state index is 0.172. The summed E-state index contributed by atoms with van der Waals surface area (Å²) in [7, 11) is 0. The van der Waals surface area contributed by atoms with Crippen LogP contribution in [0, 0.1) is 5.41 Å². The number of hydrogen-bond donors (Lipinski definition) is 1. The summed E-state index contributed by atoms with van der Waals surface area (Å²) in [6, 6.07) is 15.9. The Morgan fingerprint density at radius 1 is 1.15 bits per heavy atom. The number of hydrogen-bond acceptors (Lipinski definition) is 7. The van der Waals surface area contributed by atoms with E-state index in [4.69, 9.17) is 9.40 Å². The molecule has 3 heterocycles. The maximum absolute atomic E-state index is 12.0. The standard InChI is InChI=1S/C26H29N5O2S/c1-16(32)27-22(24-30-29-23(33-24)19-13-31(14-19)15-26(2,3)4)25-28-20-11-10-18(12-21(20)34-25)17-8-6-5-7-9-17/h5-12,19,22H,13-15H2,1-4H3,(H,27,32). The third-order valence-electron chi connectivity index (χ3n) is 5.81. The maximum atomic E-state index is 12.0. The van der Waals surface area contributed by atoms with Crippen molar-refractivity contribution in [3.63, 3.8) is 0 Å². The van der Waals surface area contributed by atoms with E-state index in [0.717, 1.165) is 46.0 Å². The summed E-state index contributed by atoms with van der Waals surface area (Å²) >= 11 is 1.53. The Morgan fingerprint density at radius 3 is 2.62 bits per heavy atom. The molecule has 1 amide bonds. The van der Waals surface area contributed by atoms with Crippen LogP contribution in [0.25, 0.3) is 21.3 Å². The number of amides is 1. The molecule has 1 atom stereocenters. The Kier molecular flexibility index (Phi) is 5.95. The third-order valence-corrected chi connectivity index (χ3v) is 6.90. The van der Waals surface area contributed by atoms with Crippen LogP contribution in [0.15, 0.2) is 52.9 Å². The van der Waals surface area contributed by atoms with Crippen LogP contribution >= 0.6 is 11.3 Å². The van der Waals surface area contributed by atoms with Crippen LogP contribution in [0.4, 0.5) is 0 Å². The number of rotatable bonds is 6. The first-order valence-electron chi connectivity index (χ1n) is 11.5. The second kappa shape index (κ2) is 8.92. The van der Waals surface area contributed by atoms with Gasteiger partial charge in [0.05, 0.1) is 16.1 Å². The van der Waals surface area contributed by atoms with E-state index in [2.05, 4.69) is 65.5 Å². The Bertz CT molecular complexity index is 1300. The average Bonchev–Trinajstić information content (AvgIpc) is 3.41. The third kappa shape index (κ3) is 4.88. The van der Waals surface area contributed by atoms with Gasteiger partial charge in [0.1, 0.15) is 5.01 Å². The molecular weight excluding hydrogens is 446 g/mol. The van der Waals surface area contributed by atoms with Gasteiger partial charge in [-0.25, -0.2) is 4.98 Å². The molecule has 4 aromatic rings. The first-order valence-corrected chi connectivity index (χ1v) is 12.4. The molecular formula is C26H29N5O2S. The van der Waals surface area contributed by atoms with Gasteiger partial charge in [-0.05, 0) is 28.7 Å². The van der Waals surface area contributed by atoms with Crippen LogP contribution in [0.5, 0.6) is 0 Å². The highest BCUT2D eigenvalue weighted by Crippen LogP contribution is 2.34. The summed E-state index contributed by atoms with van der Waals surface area (Å²) in [6.07, 6.45) is 0. The number of nitrogens with one attached hydrogen (secondary N) is 1. The fraction of sp³-hybridized carbons (Fsp3) is 0.385. The Morgan fingerprint density at radius 2 is 1.91 bits per heavy atom. The summed E-state index contributed by atoms with van der Waals surface area (Å²) < 4.78 is 7.12. The van der Waals surface area contributed by atoms with E-state index >= 15 is 0 Å². The van der Waals surface area contributed by atoms with Crippen LogP contribution in [0.1, 0.15) is 56.4 Å². The average molecular weight is 476 g/mol. The lowest BCUT2D eigenvalue weighted by atomic mass is 9.91. The Hall–Kier alpha value is -3.10. The Balaban J connectivity index is 1.39. The van der Waals surface area contributed by atoms with Gasteiger partial charge in [0.15, 0.2) is 6.04 Å². The zero-order valence-electron chi connectivity index (χ0n) is 19.9. The number of likely N-dealkylation sites (tertiary alicyclic amines) is 1. The fourth-order valence-electron chi connectivity index (χ4n) is 4.36. The van der Waals surface area contributed by atoms with Crippen molar-refractivity contribution in [2.45, 2.75) is 39.7 Å². The minimum Gasteiger partial charge on any atom is -0.422 e. The molecule has 34 heavy (non-hydrogen) atoms. The predicted molar refractivity (Wildman–Crippen MR) is 134 cm³/mol. The lowest BCUT2D eigenvalue weighted by Gasteiger charge is -2.40. The molecule has 1 N–H and O–H groups in total. The summed E-state index contributed by atoms with van der Waals surface area (Å²) in [5.74, 6) is 1.06. The monoisotopic (exact) mass is 475 g/mol. The molecule has 0 radical (unpaired) electrons. The Labute approximate surface area is 203 Å². The van der Waals surface area contributed by atoms with Gasteiger partial charge in [-0.2, -0.15) is 0 Å². The largest absolute Gasteiger partial charge is 0.422 e. The van der Waals surface area contributed by atoms with Crippen LogP contribution < -0.4 is 5.32 Å².